The van der Waals surface area contributed by atoms with Crippen LogP contribution in [-0.2, 0) is 4.79 Å². The molecule has 140 valence electrons. The summed E-state index contributed by atoms with van der Waals surface area (Å²) in [5, 5.41) is 0. The molecule has 0 amide bonds. The van der Waals surface area contributed by atoms with Crippen LogP contribution in [0.3, 0.4) is 0 Å². The molecule has 2 rings (SSSR count). The van der Waals surface area contributed by atoms with Gasteiger partial charge in [-0.1, -0.05) is 79.2 Å². The Bertz CT molecular complexity index is 594. The van der Waals surface area contributed by atoms with Gasteiger partial charge in [0.25, 0.3) is 0 Å². The standard InChI is InChI=1S/C24H38O/c1-10-17-12-16(3)18(11-2)24(13-17)14-19(22(4,5)6)21(25)20(15-24)23(7,8)9/h12,14-15,17-18H,10-11,13H2,1-9H3. The third-order valence-corrected chi connectivity index (χ3v) is 6.18. The number of allylic oxidation sites excluding steroid dienone is 6. The number of carbonyl (C=O) groups is 1. The average Bonchev–Trinajstić information content (AvgIpc) is 2.47. The van der Waals surface area contributed by atoms with Gasteiger partial charge in [-0.05, 0) is 48.9 Å². The van der Waals surface area contributed by atoms with Gasteiger partial charge in [0.15, 0.2) is 5.78 Å². The summed E-state index contributed by atoms with van der Waals surface area (Å²) in [7, 11) is 0. The van der Waals surface area contributed by atoms with E-state index in [0.29, 0.717) is 11.8 Å². The van der Waals surface area contributed by atoms with Crippen LogP contribution in [0.25, 0.3) is 0 Å². The number of hydrogen-bond donors (Lipinski definition) is 0. The lowest BCUT2D eigenvalue weighted by Gasteiger charge is -2.47. The minimum Gasteiger partial charge on any atom is -0.289 e. The van der Waals surface area contributed by atoms with Crippen molar-refractivity contribution in [1.82, 2.24) is 0 Å². The summed E-state index contributed by atoms with van der Waals surface area (Å²) in [4.78, 5) is 13.3. The van der Waals surface area contributed by atoms with Gasteiger partial charge in [-0.3, -0.25) is 4.79 Å². The van der Waals surface area contributed by atoms with Crippen molar-refractivity contribution >= 4 is 5.78 Å². The van der Waals surface area contributed by atoms with Gasteiger partial charge in [0.1, 0.15) is 0 Å². The van der Waals surface area contributed by atoms with Gasteiger partial charge in [0.05, 0.1) is 0 Å². The number of ketones is 1. The molecular formula is C24H38O. The summed E-state index contributed by atoms with van der Waals surface area (Å²) in [6.07, 6.45) is 10.7. The zero-order valence-electron chi connectivity index (χ0n) is 17.9. The van der Waals surface area contributed by atoms with Crippen LogP contribution in [0.15, 0.2) is 34.9 Å². The molecule has 0 radical (unpaired) electrons. The molecule has 2 aliphatic carbocycles. The highest BCUT2D eigenvalue weighted by Crippen LogP contribution is 2.54. The maximum absolute atomic E-state index is 13.3. The van der Waals surface area contributed by atoms with Crippen LogP contribution in [-0.4, -0.2) is 5.78 Å². The van der Waals surface area contributed by atoms with Crippen molar-refractivity contribution in [2.45, 2.75) is 81.6 Å². The topological polar surface area (TPSA) is 17.1 Å². The van der Waals surface area contributed by atoms with E-state index >= 15 is 0 Å². The number of rotatable bonds is 2. The summed E-state index contributed by atoms with van der Waals surface area (Å²) >= 11 is 0. The fraction of sp³-hybridized carbons (Fsp3) is 0.708. The Kier molecular flexibility index (Phi) is 5.30. The van der Waals surface area contributed by atoms with E-state index in [1.165, 1.54) is 12.0 Å². The summed E-state index contributed by atoms with van der Waals surface area (Å²) < 4.78 is 0. The van der Waals surface area contributed by atoms with Crippen LogP contribution in [0.5, 0.6) is 0 Å². The zero-order valence-corrected chi connectivity index (χ0v) is 17.9. The second-order valence-electron chi connectivity index (χ2n) is 10.3. The Labute approximate surface area is 155 Å². The Balaban J connectivity index is 2.74. The van der Waals surface area contributed by atoms with Crippen molar-refractivity contribution in [2.75, 3.05) is 0 Å². The predicted molar refractivity (Wildman–Crippen MR) is 108 cm³/mol. The lowest BCUT2D eigenvalue weighted by Crippen LogP contribution is -2.40. The maximum Gasteiger partial charge on any atom is 0.185 e. The van der Waals surface area contributed by atoms with Crippen molar-refractivity contribution in [3.63, 3.8) is 0 Å². The summed E-state index contributed by atoms with van der Waals surface area (Å²) in [6.45, 7) is 20.0. The lowest BCUT2D eigenvalue weighted by atomic mass is 9.56. The molecule has 0 aromatic rings. The number of carbonyl (C=O) groups excluding carboxylic acids is 1. The van der Waals surface area contributed by atoms with E-state index in [4.69, 9.17) is 0 Å². The highest BCUT2D eigenvalue weighted by molar-refractivity contribution is 6.11. The van der Waals surface area contributed by atoms with Crippen LogP contribution < -0.4 is 0 Å². The molecule has 0 heterocycles. The molecule has 2 unspecified atom stereocenters. The average molecular weight is 343 g/mol. The van der Waals surface area contributed by atoms with E-state index in [0.717, 1.165) is 24.0 Å². The third kappa shape index (κ3) is 3.71. The van der Waals surface area contributed by atoms with Gasteiger partial charge >= 0.3 is 0 Å². The molecular weight excluding hydrogens is 304 g/mol. The molecule has 0 fully saturated rings. The van der Waals surface area contributed by atoms with Gasteiger partial charge < -0.3 is 0 Å². The van der Waals surface area contributed by atoms with E-state index in [1.807, 2.05) is 0 Å². The van der Waals surface area contributed by atoms with E-state index < -0.39 is 0 Å². The second-order valence-corrected chi connectivity index (χ2v) is 10.3. The van der Waals surface area contributed by atoms with Crippen molar-refractivity contribution < 1.29 is 4.79 Å². The van der Waals surface area contributed by atoms with E-state index in [-0.39, 0.29) is 22.0 Å². The van der Waals surface area contributed by atoms with Crippen molar-refractivity contribution in [3.05, 3.63) is 34.9 Å². The molecule has 0 aliphatic heterocycles. The molecule has 0 bridgehead atoms. The molecule has 2 aliphatic rings. The van der Waals surface area contributed by atoms with Crippen LogP contribution in [0.2, 0.25) is 0 Å². The lowest BCUT2D eigenvalue weighted by molar-refractivity contribution is -0.114. The van der Waals surface area contributed by atoms with E-state index in [2.05, 4.69) is 80.5 Å². The quantitative estimate of drug-likeness (QED) is 0.499. The van der Waals surface area contributed by atoms with Gasteiger partial charge in [0.2, 0.25) is 0 Å². The molecule has 25 heavy (non-hydrogen) atoms. The Morgan fingerprint density at radius 2 is 1.44 bits per heavy atom. The molecule has 0 aromatic carbocycles. The molecule has 0 saturated heterocycles. The fourth-order valence-electron chi connectivity index (χ4n) is 4.82. The van der Waals surface area contributed by atoms with Gasteiger partial charge in [0, 0.05) is 16.6 Å². The number of Topliss-reactive ketones (excluding diaryl/α,β-unsaturated/α-hetero) is 1. The summed E-state index contributed by atoms with van der Waals surface area (Å²) in [5.74, 6) is 1.37. The minimum absolute atomic E-state index is 0.00655. The first-order valence-corrected chi connectivity index (χ1v) is 10.1. The smallest absolute Gasteiger partial charge is 0.185 e. The molecule has 0 saturated carbocycles. The summed E-state index contributed by atoms with van der Waals surface area (Å²) in [6, 6.07) is 0. The monoisotopic (exact) mass is 342 g/mol. The maximum atomic E-state index is 13.3. The normalized spacial score (nSPS) is 27.1. The van der Waals surface area contributed by atoms with Crippen LogP contribution in [0, 0.1) is 28.1 Å². The SMILES string of the molecule is CCC1C=C(C)C(CC)C2(C=C(C(C)(C)C)C(=O)C(C(C)(C)C)=C2)C1. The molecule has 1 heteroatoms. The second kappa shape index (κ2) is 6.56. The molecule has 0 N–H and O–H groups in total. The Hall–Kier alpha value is -1.11. The highest BCUT2D eigenvalue weighted by atomic mass is 16.1. The van der Waals surface area contributed by atoms with E-state index in [1.54, 1.807) is 0 Å². The van der Waals surface area contributed by atoms with Crippen LogP contribution >= 0.6 is 0 Å². The molecule has 1 spiro atoms. The largest absolute Gasteiger partial charge is 0.289 e. The number of hydrogen-bond acceptors (Lipinski definition) is 1. The van der Waals surface area contributed by atoms with E-state index in [9.17, 15) is 4.79 Å². The Morgan fingerprint density at radius 3 is 1.80 bits per heavy atom. The molecule has 0 aromatic heterocycles. The van der Waals surface area contributed by atoms with Gasteiger partial charge in [-0.15, -0.1) is 0 Å². The highest BCUT2D eigenvalue weighted by Gasteiger charge is 2.46. The van der Waals surface area contributed by atoms with Crippen molar-refractivity contribution in [2.24, 2.45) is 28.1 Å². The minimum atomic E-state index is -0.121. The van der Waals surface area contributed by atoms with Crippen LogP contribution in [0.1, 0.15) is 81.6 Å². The van der Waals surface area contributed by atoms with Crippen LogP contribution in [0.4, 0.5) is 0 Å². The first-order valence-electron chi connectivity index (χ1n) is 10.1. The predicted octanol–water partition coefficient (Wildman–Crippen LogP) is 6.90. The fourth-order valence-corrected chi connectivity index (χ4v) is 4.82. The molecule has 1 nitrogen and oxygen atoms in total. The van der Waals surface area contributed by atoms with Crippen molar-refractivity contribution in [1.29, 1.82) is 0 Å². The van der Waals surface area contributed by atoms with Gasteiger partial charge in [-0.25, -0.2) is 0 Å². The Morgan fingerprint density at radius 1 is 0.960 bits per heavy atom. The molecule has 2 atom stereocenters. The first kappa shape index (κ1) is 20.2. The summed E-state index contributed by atoms with van der Waals surface area (Å²) in [5.41, 5.74) is 3.29. The van der Waals surface area contributed by atoms with Gasteiger partial charge in [-0.2, -0.15) is 0 Å². The third-order valence-electron chi connectivity index (χ3n) is 6.18. The zero-order chi connectivity index (χ0) is 19.2. The van der Waals surface area contributed by atoms with Crippen molar-refractivity contribution in [3.8, 4) is 0 Å². The first-order chi connectivity index (χ1) is 11.4.